The second kappa shape index (κ2) is 6.51. The van der Waals surface area contributed by atoms with Crippen LogP contribution in [0.25, 0.3) is 11.3 Å². The Kier molecular flexibility index (Phi) is 4.46. The van der Waals surface area contributed by atoms with E-state index in [0.29, 0.717) is 16.5 Å². The fourth-order valence-electron chi connectivity index (χ4n) is 1.99. The summed E-state index contributed by atoms with van der Waals surface area (Å²) in [7, 11) is 1.33. The Morgan fingerprint density at radius 3 is 3.09 bits per heavy atom. The van der Waals surface area contributed by atoms with Crippen molar-refractivity contribution in [2.45, 2.75) is 6.04 Å². The van der Waals surface area contributed by atoms with E-state index >= 15 is 0 Å². The van der Waals surface area contributed by atoms with Crippen LogP contribution in [0.5, 0.6) is 0 Å². The minimum atomic E-state index is -0.431. The van der Waals surface area contributed by atoms with Crippen LogP contribution in [0.15, 0.2) is 17.6 Å². The largest absolute Gasteiger partial charge is 0.464 e. The summed E-state index contributed by atoms with van der Waals surface area (Å²) < 4.78 is 4.65. The zero-order valence-corrected chi connectivity index (χ0v) is 13.3. The summed E-state index contributed by atoms with van der Waals surface area (Å²) in [4.78, 5) is 30.6. The van der Waals surface area contributed by atoms with Gasteiger partial charge in [0.05, 0.1) is 18.8 Å². The number of esters is 1. The molecule has 0 radical (unpaired) electrons. The Hall–Kier alpha value is -1.84. The van der Waals surface area contributed by atoms with Gasteiger partial charge in [0.15, 0.2) is 5.13 Å². The average Bonchev–Trinajstić information content (AvgIpc) is 3.25. The third-order valence-corrected chi connectivity index (χ3v) is 4.85. The topological polar surface area (TPSA) is 96.1 Å². The molecule has 0 saturated carbocycles. The Morgan fingerprint density at radius 2 is 2.36 bits per heavy atom. The number of aromatic amines is 1. The van der Waals surface area contributed by atoms with E-state index in [1.54, 1.807) is 24.0 Å². The van der Waals surface area contributed by atoms with Gasteiger partial charge in [0, 0.05) is 28.8 Å². The summed E-state index contributed by atoms with van der Waals surface area (Å²) in [6.45, 7) is 0. The molecule has 1 saturated heterocycles. The standard InChI is InChI=1S/C13H14N4O3S2/c1-20-12(19)8-2-7(3-14-8)9-5-22-13(16-9)17-11(18)10-4-21-6-15-10/h2-3,5,10,14-15H,4,6H2,1H3,(H,16,17,18). The van der Waals surface area contributed by atoms with Crippen LogP contribution >= 0.6 is 23.1 Å². The van der Waals surface area contributed by atoms with E-state index in [1.165, 1.54) is 18.4 Å². The number of carbonyl (C=O) groups is 2. The molecule has 2 aromatic heterocycles. The van der Waals surface area contributed by atoms with Gasteiger partial charge in [-0.2, -0.15) is 0 Å². The Balaban J connectivity index is 1.69. The van der Waals surface area contributed by atoms with E-state index in [2.05, 4.69) is 25.3 Å². The van der Waals surface area contributed by atoms with E-state index in [0.717, 1.165) is 17.2 Å². The van der Waals surface area contributed by atoms with E-state index in [-0.39, 0.29) is 11.9 Å². The molecule has 7 nitrogen and oxygen atoms in total. The van der Waals surface area contributed by atoms with Crippen LogP contribution in [0.1, 0.15) is 10.5 Å². The second-order valence-electron chi connectivity index (χ2n) is 4.59. The van der Waals surface area contributed by atoms with Crippen molar-refractivity contribution in [1.29, 1.82) is 0 Å². The molecule has 0 bridgehead atoms. The monoisotopic (exact) mass is 338 g/mol. The van der Waals surface area contributed by atoms with Gasteiger partial charge >= 0.3 is 5.97 Å². The summed E-state index contributed by atoms with van der Waals surface area (Å²) in [6, 6.07) is 1.50. The first kappa shape index (κ1) is 15.1. The number of nitrogens with one attached hydrogen (secondary N) is 3. The third-order valence-electron chi connectivity index (χ3n) is 3.15. The molecule has 2 aromatic rings. The Labute approximate surface area is 134 Å². The van der Waals surface area contributed by atoms with E-state index in [4.69, 9.17) is 0 Å². The van der Waals surface area contributed by atoms with E-state index in [9.17, 15) is 9.59 Å². The minimum Gasteiger partial charge on any atom is -0.464 e. The normalized spacial score (nSPS) is 17.4. The van der Waals surface area contributed by atoms with Gasteiger partial charge in [0.1, 0.15) is 5.69 Å². The van der Waals surface area contributed by atoms with Gasteiger partial charge in [0.2, 0.25) is 5.91 Å². The number of amides is 1. The lowest BCUT2D eigenvalue weighted by atomic mass is 10.2. The number of H-pyrrole nitrogens is 1. The predicted octanol–water partition coefficient (Wildman–Crippen LogP) is 1.53. The molecule has 9 heteroatoms. The number of hydrogen-bond donors (Lipinski definition) is 3. The van der Waals surface area contributed by atoms with Crippen LogP contribution in [0, 0.1) is 0 Å². The van der Waals surface area contributed by atoms with Crippen molar-refractivity contribution in [3.05, 3.63) is 23.3 Å². The molecule has 3 heterocycles. The average molecular weight is 338 g/mol. The highest BCUT2D eigenvalue weighted by Gasteiger charge is 2.23. The van der Waals surface area contributed by atoms with Crippen molar-refractivity contribution in [3.63, 3.8) is 0 Å². The zero-order valence-electron chi connectivity index (χ0n) is 11.7. The molecule has 0 aliphatic carbocycles. The molecular formula is C13H14N4O3S2. The van der Waals surface area contributed by atoms with Crippen LogP contribution in [0.2, 0.25) is 0 Å². The van der Waals surface area contributed by atoms with Gasteiger partial charge in [-0.25, -0.2) is 9.78 Å². The number of rotatable bonds is 4. The molecule has 3 N–H and O–H groups in total. The van der Waals surface area contributed by atoms with Crippen molar-refractivity contribution in [1.82, 2.24) is 15.3 Å². The molecule has 1 atom stereocenters. The predicted molar refractivity (Wildman–Crippen MR) is 86.1 cm³/mol. The number of ether oxygens (including phenoxy) is 1. The highest BCUT2D eigenvalue weighted by Crippen LogP contribution is 2.26. The van der Waals surface area contributed by atoms with Crippen molar-refractivity contribution in [3.8, 4) is 11.3 Å². The number of methoxy groups -OCH3 is 1. The van der Waals surface area contributed by atoms with Crippen molar-refractivity contribution >= 4 is 40.1 Å². The van der Waals surface area contributed by atoms with Gasteiger partial charge in [-0.05, 0) is 6.07 Å². The number of nitrogens with zero attached hydrogens (tertiary/aromatic N) is 1. The quantitative estimate of drug-likeness (QED) is 0.732. The van der Waals surface area contributed by atoms with Crippen molar-refractivity contribution in [2.24, 2.45) is 0 Å². The SMILES string of the molecule is COC(=O)c1cc(-c2csc(NC(=O)C3CSCN3)n2)c[nH]1. The van der Waals surface area contributed by atoms with Gasteiger partial charge in [-0.15, -0.1) is 23.1 Å². The molecule has 22 heavy (non-hydrogen) atoms. The van der Waals surface area contributed by atoms with Crippen LogP contribution in [-0.4, -0.2) is 46.6 Å². The highest BCUT2D eigenvalue weighted by atomic mass is 32.2. The first-order valence-corrected chi connectivity index (χ1v) is 8.55. The van der Waals surface area contributed by atoms with Gasteiger partial charge in [0.25, 0.3) is 0 Å². The maximum absolute atomic E-state index is 12.0. The summed E-state index contributed by atoms with van der Waals surface area (Å²) in [5.74, 6) is 1.06. The highest BCUT2D eigenvalue weighted by molar-refractivity contribution is 7.99. The zero-order chi connectivity index (χ0) is 15.5. The lowest BCUT2D eigenvalue weighted by Gasteiger charge is -2.07. The molecule has 0 aromatic carbocycles. The van der Waals surface area contributed by atoms with Gasteiger partial charge in [-0.1, -0.05) is 0 Å². The molecular weight excluding hydrogens is 324 g/mol. The third kappa shape index (κ3) is 3.16. The van der Waals surface area contributed by atoms with E-state index < -0.39 is 5.97 Å². The summed E-state index contributed by atoms with van der Waals surface area (Å²) in [5.41, 5.74) is 1.83. The molecule has 1 unspecified atom stereocenters. The Morgan fingerprint density at radius 1 is 1.50 bits per heavy atom. The maximum atomic E-state index is 12.0. The van der Waals surface area contributed by atoms with Crippen molar-refractivity contribution in [2.75, 3.05) is 24.1 Å². The van der Waals surface area contributed by atoms with Crippen LogP contribution < -0.4 is 10.6 Å². The van der Waals surface area contributed by atoms with Gasteiger partial charge in [-0.3, -0.25) is 10.1 Å². The summed E-state index contributed by atoms with van der Waals surface area (Å²) in [5, 5.41) is 8.29. The van der Waals surface area contributed by atoms with Crippen LogP contribution in [-0.2, 0) is 9.53 Å². The number of thioether (sulfide) groups is 1. The molecule has 1 aliphatic rings. The fraction of sp³-hybridized carbons (Fsp3) is 0.308. The maximum Gasteiger partial charge on any atom is 0.354 e. The van der Waals surface area contributed by atoms with Crippen LogP contribution in [0.3, 0.4) is 0 Å². The molecule has 1 fully saturated rings. The number of thiazole rings is 1. The lowest BCUT2D eigenvalue weighted by molar-refractivity contribution is -0.117. The number of anilines is 1. The Bertz CT molecular complexity index is 691. The minimum absolute atomic E-state index is 0.0739. The summed E-state index contributed by atoms with van der Waals surface area (Å²) in [6.07, 6.45) is 1.68. The first-order valence-electron chi connectivity index (χ1n) is 6.52. The molecule has 116 valence electrons. The fourth-order valence-corrected chi connectivity index (χ4v) is 3.65. The molecule has 1 aliphatic heterocycles. The lowest BCUT2D eigenvalue weighted by Crippen LogP contribution is -2.37. The molecule has 0 spiro atoms. The number of carbonyl (C=O) groups excluding carboxylic acids is 2. The van der Waals surface area contributed by atoms with Crippen LogP contribution in [0.4, 0.5) is 5.13 Å². The van der Waals surface area contributed by atoms with Crippen molar-refractivity contribution < 1.29 is 14.3 Å². The smallest absolute Gasteiger partial charge is 0.354 e. The van der Waals surface area contributed by atoms with Gasteiger partial charge < -0.3 is 15.0 Å². The van der Waals surface area contributed by atoms with E-state index in [1.807, 2.05) is 5.38 Å². The first-order chi connectivity index (χ1) is 10.7. The number of aromatic nitrogens is 2. The molecule has 1 amide bonds. The number of hydrogen-bond acceptors (Lipinski definition) is 7. The summed E-state index contributed by atoms with van der Waals surface area (Å²) >= 11 is 3.04. The molecule has 3 rings (SSSR count). The second-order valence-corrected chi connectivity index (χ2v) is 6.48.